The number of hydrogen-bond donors (Lipinski definition) is 0. The molecule has 0 amide bonds. The van der Waals surface area contributed by atoms with Gasteiger partial charge in [0.25, 0.3) is 0 Å². The molecule has 0 aliphatic carbocycles. The maximum Gasteiger partial charge on any atom is 0.0595 e. The smallest absolute Gasteiger partial charge is 0.0595 e. The van der Waals surface area contributed by atoms with Gasteiger partial charge in [0.1, 0.15) is 0 Å². The second kappa shape index (κ2) is 4.15. The van der Waals surface area contributed by atoms with Gasteiger partial charge in [0.05, 0.1) is 10.0 Å². The lowest BCUT2D eigenvalue weighted by atomic mass is 10.0. The Balaban J connectivity index is 2.82. The van der Waals surface area contributed by atoms with Crippen molar-refractivity contribution in [2.75, 3.05) is 0 Å². The SMILES string of the molecule is CC(C)Cc1ccc(Cl)c(Cl)c1. The fraction of sp³-hybridized carbons (Fsp3) is 0.400. The summed E-state index contributed by atoms with van der Waals surface area (Å²) >= 11 is 11.7. The van der Waals surface area contributed by atoms with Crippen molar-refractivity contribution in [3.05, 3.63) is 33.8 Å². The highest BCUT2D eigenvalue weighted by Crippen LogP contribution is 2.23. The van der Waals surface area contributed by atoms with Crippen LogP contribution in [-0.2, 0) is 6.42 Å². The molecule has 66 valence electrons. The minimum atomic E-state index is 0.629. The summed E-state index contributed by atoms with van der Waals surface area (Å²) in [5.41, 5.74) is 1.25. The zero-order valence-corrected chi connectivity index (χ0v) is 8.78. The lowest BCUT2D eigenvalue weighted by Gasteiger charge is -2.05. The van der Waals surface area contributed by atoms with Gasteiger partial charge in [-0.1, -0.05) is 43.1 Å². The highest BCUT2D eigenvalue weighted by molar-refractivity contribution is 6.42. The van der Waals surface area contributed by atoms with E-state index >= 15 is 0 Å². The molecule has 0 aliphatic heterocycles. The average molecular weight is 203 g/mol. The van der Waals surface area contributed by atoms with E-state index in [-0.39, 0.29) is 0 Å². The quantitative estimate of drug-likeness (QED) is 0.675. The van der Waals surface area contributed by atoms with Crippen molar-refractivity contribution in [2.45, 2.75) is 20.3 Å². The van der Waals surface area contributed by atoms with Gasteiger partial charge in [0.2, 0.25) is 0 Å². The van der Waals surface area contributed by atoms with Crippen molar-refractivity contribution in [1.29, 1.82) is 0 Å². The van der Waals surface area contributed by atoms with Crippen molar-refractivity contribution in [2.24, 2.45) is 5.92 Å². The molecule has 0 bridgehead atoms. The highest BCUT2D eigenvalue weighted by atomic mass is 35.5. The Hall–Kier alpha value is -0.200. The van der Waals surface area contributed by atoms with E-state index < -0.39 is 0 Å². The zero-order chi connectivity index (χ0) is 9.14. The molecule has 0 spiro atoms. The standard InChI is InChI=1S/C10H12Cl2/c1-7(2)5-8-3-4-9(11)10(12)6-8/h3-4,6-7H,5H2,1-2H3. The fourth-order valence-electron chi connectivity index (χ4n) is 1.14. The van der Waals surface area contributed by atoms with Crippen LogP contribution in [0.25, 0.3) is 0 Å². The molecule has 0 saturated carbocycles. The third-order valence-electron chi connectivity index (χ3n) is 1.63. The van der Waals surface area contributed by atoms with Crippen LogP contribution in [0, 0.1) is 5.92 Å². The van der Waals surface area contributed by atoms with E-state index in [1.807, 2.05) is 18.2 Å². The van der Waals surface area contributed by atoms with Gasteiger partial charge in [-0.2, -0.15) is 0 Å². The van der Waals surface area contributed by atoms with Gasteiger partial charge in [-0.05, 0) is 30.0 Å². The molecule has 0 saturated heterocycles. The van der Waals surface area contributed by atoms with Crippen LogP contribution >= 0.6 is 23.2 Å². The van der Waals surface area contributed by atoms with Gasteiger partial charge in [-0.25, -0.2) is 0 Å². The normalized spacial score (nSPS) is 10.8. The van der Waals surface area contributed by atoms with Crippen LogP contribution in [-0.4, -0.2) is 0 Å². The molecule has 0 heterocycles. The lowest BCUT2D eigenvalue weighted by Crippen LogP contribution is -1.93. The second-order valence-electron chi connectivity index (χ2n) is 3.35. The Kier molecular flexibility index (Phi) is 3.42. The minimum absolute atomic E-state index is 0.629. The van der Waals surface area contributed by atoms with E-state index in [0.29, 0.717) is 16.0 Å². The van der Waals surface area contributed by atoms with E-state index in [0.717, 1.165) is 6.42 Å². The predicted molar refractivity (Wildman–Crippen MR) is 55.0 cm³/mol. The van der Waals surface area contributed by atoms with E-state index in [1.165, 1.54) is 5.56 Å². The highest BCUT2D eigenvalue weighted by Gasteiger charge is 2.01. The van der Waals surface area contributed by atoms with Gasteiger partial charge in [0, 0.05) is 0 Å². The first-order chi connectivity index (χ1) is 5.59. The van der Waals surface area contributed by atoms with Crippen LogP contribution in [0.15, 0.2) is 18.2 Å². The zero-order valence-electron chi connectivity index (χ0n) is 7.27. The average Bonchev–Trinajstić information content (AvgIpc) is 1.96. The van der Waals surface area contributed by atoms with Gasteiger partial charge in [0.15, 0.2) is 0 Å². The summed E-state index contributed by atoms with van der Waals surface area (Å²) in [6, 6.07) is 5.81. The summed E-state index contributed by atoms with van der Waals surface area (Å²) in [7, 11) is 0. The van der Waals surface area contributed by atoms with Crippen LogP contribution in [0.2, 0.25) is 10.0 Å². The molecule has 0 atom stereocenters. The first-order valence-electron chi connectivity index (χ1n) is 4.03. The van der Waals surface area contributed by atoms with Crippen molar-refractivity contribution in [1.82, 2.24) is 0 Å². The monoisotopic (exact) mass is 202 g/mol. The summed E-state index contributed by atoms with van der Waals surface area (Å²) in [4.78, 5) is 0. The number of benzene rings is 1. The summed E-state index contributed by atoms with van der Waals surface area (Å²) in [6.07, 6.45) is 1.05. The molecule has 0 fully saturated rings. The number of halogens is 2. The molecular weight excluding hydrogens is 191 g/mol. The molecule has 0 unspecified atom stereocenters. The molecule has 1 aromatic rings. The maximum absolute atomic E-state index is 5.87. The summed E-state index contributed by atoms with van der Waals surface area (Å²) < 4.78 is 0. The lowest BCUT2D eigenvalue weighted by molar-refractivity contribution is 0.647. The van der Waals surface area contributed by atoms with Crippen LogP contribution in [0.4, 0.5) is 0 Å². The van der Waals surface area contributed by atoms with Crippen molar-refractivity contribution in [3.63, 3.8) is 0 Å². The first kappa shape index (κ1) is 9.88. The Morgan fingerprint density at radius 1 is 1.17 bits per heavy atom. The van der Waals surface area contributed by atoms with Crippen molar-refractivity contribution in [3.8, 4) is 0 Å². The number of hydrogen-bond acceptors (Lipinski definition) is 0. The fourth-order valence-corrected chi connectivity index (χ4v) is 1.46. The van der Waals surface area contributed by atoms with Gasteiger partial charge in [-0.3, -0.25) is 0 Å². The van der Waals surface area contributed by atoms with E-state index in [4.69, 9.17) is 23.2 Å². The maximum atomic E-state index is 5.87. The van der Waals surface area contributed by atoms with E-state index in [9.17, 15) is 0 Å². The predicted octanol–water partition coefficient (Wildman–Crippen LogP) is 4.19. The van der Waals surface area contributed by atoms with Crippen LogP contribution in [0.1, 0.15) is 19.4 Å². The topological polar surface area (TPSA) is 0 Å². The Morgan fingerprint density at radius 3 is 2.33 bits per heavy atom. The molecular formula is C10H12Cl2. The van der Waals surface area contributed by atoms with Crippen LogP contribution in [0.5, 0.6) is 0 Å². The van der Waals surface area contributed by atoms with Gasteiger partial charge in [-0.15, -0.1) is 0 Å². The molecule has 0 N–H and O–H groups in total. The summed E-state index contributed by atoms with van der Waals surface area (Å²) in [6.45, 7) is 4.37. The molecule has 12 heavy (non-hydrogen) atoms. The molecule has 2 heteroatoms. The van der Waals surface area contributed by atoms with Crippen LogP contribution in [0.3, 0.4) is 0 Å². The molecule has 1 aromatic carbocycles. The first-order valence-corrected chi connectivity index (χ1v) is 4.79. The molecule has 0 radical (unpaired) electrons. The number of rotatable bonds is 2. The molecule has 1 rings (SSSR count). The van der Waals surface area contributed by atoms with Gasteiger partial charge < -0.3 is 0 Å². The third kappa shape index (κ3) is 2.69. The van der Waals surface area contributed by atoms with Crippen molar-refractivity contribution >= 4 is 23.2 Å². The second-order valence-corrected chi connectivity index (χ2v) is 4.16. The third-order valence-corrected chi connectivity index (χ3v) is 2.37. The van der Waals surface area contributed by atoms with E-state index in [2.05, 4.69) is 13.8 Å². The summed E-state index contributed by atoms with van der Waals surface area (Å²) in [5, 5.41) is 1.28. The van der Waals surface area contributed by atoms with Crippen molar-refractivity contribution < 1.29 is 0 Å². The van der Waals surface area contributed by atoms with Gasteiger partial charge >= 0.3 is 0 Å². The molecule has 0 nitrogen and oxygen atoms in total. The molecule has 0 aliphatic rings. The Labute approximate surface area is 83.5 Å². The summed E-state index contributed by atoms with van der Waals surface area (Å²) in [5.74, 6) is 0.655. The minimum Gasteiger partial charge on any atom is -0.0827 e. The Morgan fingerprint density at radius 2 is 1.83 bits per heavy atom. The largest absolute Gasteiger partial charge is 0.0827 e. The molecule has 0 aromatic heterocycles. The van der Waals surface area contributed by atoms with E-state index in [1.54, 1.807) is 0 Å². The van der Waals surface area contributed by atoms with Crippen LogP contribution < -0.4 is 0 Å². The Bertz CT molecular complexity index is 267.